The zero-order valence-corrected chi connectivity index (χ0v) is 11.4. The van der Waals surface area contributed by atoms with E-state index in [1.165, 1.54) is 0 Å². The van der Waals surface area contributed by atoms with E-state index in [4.69, 9.17) is 10.3 Å². The van der Waals surface area contributed by atoms with E-state index in [9.17, 15) is 0 Å². The number of rotatable bonds is 7. The molecule has 0 aliphatic rings. The lowest BCUT2D eigenvalue weighted by molar-refractivity contribution is 0.328. The number of hydrogen-bond acceptors (Lipinski definition) is 4. The molecular weight excluding hydrogens is 214 g/mol. The van der Waals surface area contributed by atoms with Crippen LogP contribution in [0.1, 0.15) is 58.2 Å². The zero-order valence-electron chi connectivity index (χ0n) is 11.4. The lowest BCUT2D eigenvalue weighted by Gasteiger charge is -2.14. The van der Waals surface area contributed by atoms with Crippen LogP contribution in [-0.4, -0.2) is 16.7 Å². The highest BCUT2D eigenvalue weighted by Crippen LogP contribution is 2.18. The molecule has 0 amide bonds. The van der Waals surface area contributed by atoms with Crippen LogP contribution in [0.2, 0.25) is 0 Å². The molecule has 2 N–H and O–H groups in total. The summed E-state index contributed by atoms with van der Waals surface area (Å²) in [5.41, 5.74) is 5.77. The van der Waals surface area contributed by atoms with Crippen LogP contribution >= 0.6 is 0 Å². The third-order valence-corrected chi connectivity index (χ3v) is 3.14. The van der Waals surface area contributed by atoms with Crippen LogP contribution < -0.4 is 5.73 Å². The fraction of sp³-hybridized carbons (Fsp3) is 0.846. The molecule has 4 heteroatoms. The molecule has 1 aromatic heterocycles. The average molecular weight is 239 g/mol. The average Bonchev–Trinajstić information content (AvgIpc) is 2.75. The van der Waals surface area contributed by atoms with Crippen molar-refractivity contribution in [3.05, 3.63) is 11.7 Å². The molecule has 0 aromatic carbocycles. The van der Waals surface area contributed by atoms with E-state index in [1.54, 1.807) is 0 Å². The Labute approximate surface area is 104 Å². The first-order valence-electron chi connectivity index (χ1n) is 6.59. The number of hydrogen-bond donors (Lipinski definition) is 1. The van der Waals surface area contributed by atoms with Crippen molar-refractivity contribution in [3.63, 3.8) is 0 Å². The van der Waals surface area contributed by atoms with Gasteiger partial charge >= 0.3 is 0 Å². The molecule has 0 aliphatic heterocycles. The maximum atomic E-state index is 5.77. The van der Waals surface area contributed by atoms with Gasteiger partial charge in [0.25, 0.3) is 0 Å². The van der Waals surface area contributed by atoms with Crippen LogP contribution in [0.4, 0.5) is 0 Å². The Kier molecular flexibility index (Phi) is 5.62. The maximum absolute atomic E-state index is 5.77. The Morgan fingerprint density at radius 2 is 2.00 bits per heavy atom. The van der Waals surface area contributed by atoms with Gasteiger partial charge in [-0.3, -0.25) is 0 Å². The number of nitrogens with zero attached hydrogens (tertiary/aromatic N) is 2. The van der Waals surface area contributed by atoms with Crippen LogP contribution in [0, 0.1) is 11.8 Å². The van der Waals surface area contributed by atoms with E-state index in [0.717, 1.165) is 31.0 Å². The minimum absolute atomic E-state index is 0.369. The second-order valence-electron chi connectivity index (χ2n) is 5.29. The topological polar surface area (TPSA) is 64.9 Å². The van der Waals surface area contributed by atoms with E-state index < -0.39 is 0 Å². The third-order valence-electron chi connectivity index (χ3n) is 3.14. The first-order valence-corrected chi connectivity index (χ1v) is 6.59. The zero-order chi connectivity index (χ0) is 12.8. The second-order valence-corrected chi connectivity index (χ2v) is 5.29. The molecule has 17 heavy (non-hydrogen) atoms. The summed E-state index contributed by atoms with van der Waals surface area (Å²) in [6.07, 6.45) is 2.95. The van der Waals surface area contributed by atoms with Crippen molar-refractivity contribution in [2.24, 2.45) is 17.6 Å². The molecule has 2 unspecified atom stereocenters. The molecule has 4 nitrogen and oxygen atoms in total. The van der Waals surface area contributed by atoms with Crippen LogP contribution in [0.5, 0.6) is 0 Å². The van der Waals surface area contributed by atoms with Crippen molar-refractivity contribution in [2.45, 2.75) is 52.9 Å². The van der Waals surface area contributed by atoms with Crippen molar-refractivity contribution < 1.29 is 4.52 Å². The highest BCUT2D eigenvalue weighted by atomic mass is 16.5. The van der Waals surface area contributed by atoms with Crippen molar-refractivity contribution in [1.82, 2.24) is 10.1 Å². The van der Waals surface area contributed by atoms with Gasteiger partial charge < -0.3 is 10.3 Å². The summed E-state index contributed by atoms with van der Waals surface area (Å²) in [7, 11) is 0. The second kappa shape index (κ2) is 6.74. The molecule has 0 bridgehead atoms. The van der Waals surface area contributed by atoms with Crippen LogP contribution in [0.25, 0.3) is 0 Å². The minimum atomic E-state index is 0.369. The molecule has 2 atom stereocenters. The fourth-order valence-corrected chi connectivity index (χ4v) is 1.91. The Morgan fingerprint density at radius 1 is 1.29 bits per heavy atom. The van der Waals surface area contributed by atoms with Gasteiger partial charge in [-0.25, -0.2) is 0 Å². The molecule has 1 heterocycles. The van der Waals surface area contributed by atoms with Gasteiger partial charge in [0.2, 0.25) is 5.89 Å². The Bertz CT molecular complexity index is 322. The Hall–Kier alpha value is -0.900. The molecule has 0 saturated heterocycles. The SMILES string of the molecule is CCC(C)c1noc(CC(CN)CC(C)C)n1. The number of nitrogens with two attached hydrogens (primary N) is 1. The van der Waals surface area contributed by atoms with Crippen LogP contribution in [-0.2, 0) is 6.42 Å². The molecule has 0 spiro atoms. The van der Waals surface area contributed by atoms with Crippen LogP contribution in [0.3, 0.4) is 0 Å². The van der Waals surface area contributed by atoms with E-state index in [0.29, 0.717) is 24.3 Å². The van der Waals surface area contributed by atoms with E-state index >= 15 is 0 Å². The highest BCUT2D eigenvalue weighted by Gasteiger charge is 2.16. The van der Waals surface area contributed by atoms with Crippen LogP contribution in [0.15, 0.2) is 4.52 Å². The van der Waals surface area contributed by atoms with Gasteiger partial charge in [-0.2, -0.15) is 4.98 Å². The summed E-state index contributed by atoms with van der Waals surface area (Å²) in [6.45, 7) is 9.34. The quantitative estimate of drug-likeness (QED) is 0.794. The normalized spacial score (nSPS) is 15.2. The summed E-state index contributed by atoms with van der Waals surface area (Å²) >= 11 is 0. The summed E-state index contributed by atoms with van der Waals surface area (Å²) in [5.74, 6) is 3.02. The molecule has 98 valence electrons. The largest absolute Gasteiger partial charge is 0.339 e. The fourth-order valence-electron chi connectivity index (χ4n) is 1.91. The van der Waals surface area contributed by atoms with Crippen molar-refractivity contribution >= 4 is 0 Å². The Morgan fingerprint density at radius 3 is 2.53 bits per heavy atom. The van der Waals surface area contributed by atoms with Gasteiger partial charge in [0.05, 0.1) is 0 Å². The van der Waals surface area contributed by atoms with Gasteiger partial charge in [0.15, 0.2) is 5.82 Å². The smallest absolute Gasteiger partial charge is 0.226 e. The lowest BCUT2D eigenvalue weighted by atomic mass is 9.94. The van der Waals surface area contributed by atoms with Gasteiger partial charge in [-0.15, -0.1) is 0 Å². The summed E-state index contributed by atoms with van der Waals surface area (Å²) in [5, 5.41) is 4.03. The predicted octanol–water partition coefficient (Wildman–Crippen LogP) is 2.75. The minimum Gasteiger partial charge on any atom is -0.339 e. The van der Waals surface area contributed by atoms with E-state index in [-0.39, 0.29) is 0 Å². The van der Waals surface area contributed by atoms with Gasteiger partial charge in [-0.1, -0.05) is 32.9 Å². The standard InChI is InChI=1S/C13H25N3O/c1-5-10(4)13-15-12(17-16-13)7-11(8-14)6-9(2)3/h9-11H,5-8,14H2,1-4H3. The van der Waals surface area contributed by atoms with E-state index in [1.807, 2.05) is 0 Å². The molecule has 0 radical (unpaired) electrons. The summed E-state index contributed by atoms with van der Waals surface area (Å²) < 4.78 is 5.28. The molecule has 0 saturated carbocycles. The number of aromatic nitrogens is 2. The van der Waals surface area contributed by atoms with Crippen molar-refractivity contribution in [1.29, 1.82) is 0 Å². The maximum Gasteiger partial charge on any atom is 0.226 e. The molecular formula is C13H25N3O. The monoisotopic (exact) mass is 239 g/mol. The summed E-state index contributed by atoms with van der Waals surface area (Å²) in [6, 6.07) is 0. The van der Waals surface area contributed by atoms with Crippen molar-refractivity contribution in [2.75, 3.05) is 6.54 Å². The molecule has 0 aliphatic carbocycles. The van der Waals surface area contributed by atoms with Crippen molar-refractivity contribution in [3.8, 4) is 0 Å². The van der Waals surface area contributed by atoms with E-state index in [2.05, 4.69) is 37.8 Å². The summed E-state index contributed by atoms with van der Waals surface area (Å²) in [4.78, 5) is 4.44. The van der Waals surface area contributed by atoms with Gasteiger partial charge in [0.1, 0.15) is 0 Å². The third kappa shape index (κ3) is 4.46. The predicted molar refractivity (Wildman–Crippen MR) is 68.7 cm³/mol. The van der Waals surface area contributed by atoms with Gasteiger partial charge in [0, 0.05) is 12.3 Å². The first kappa shape index (κ1) is 14.2. The lowest BCUT2D eigenvalue weighted by Crippen LogP contribution is -2.19. The molecule has 1 rings (SSSR count). The van der Waals surface area contributed by atoms with Gasteiger partial charge in [-0.05, 0) is 31.2 Å². The Balaban J connectivity index is 2.58. The first-order chi connectivity index (χ1) is 8.06. The molecule has 0 fully saturated rings. The molecule has 1 aromatic rings. The highest BCUT2D eigenvalue weighted by molar-refractivity contribution is 4.94.